The molecule has 0 radical (unpaired) electrons. The lowest BCUT2D eigenvalue weighted by molar-refractivity contribution is -0.138. The smallest absolute Gasteiger partial charge is 0.398 e. The van der Waals surface area contributed by atoms with Crippen LogP contribution in [0.1, 0.15) is 16.7 Å². The summed E-state index contributed by atoms with van der Waals surface area (Å²) >= 11 is 0. The summed E-state index contributed by atoms with van der Waals surface area (Å²) in [5.74, 6) is 0. The molecule has 6 heteroatoms. The minimum atomic E-state index is -4.40. The van der Waals surface area contributed by atoms with Crippen LogP contribution in [0.25, 0.3) is 0 Å². The molecule has 21 heavy (non-hydrogen) atoms. The molecule has 0 heterocycles. The van der Waals surface area contributed by atoms with E-state index < -0.39 is 11.7 Å². The molecule has 0 bridgehead atoms. The number of rotatable bonds is 2. The predicted molar refractivity (Wildman–Crippen MR) is 75.0 cm³/mol. The van der Waals surface area contributed by atoms with Crippen LogP contribution in [0.4, 0.5) is 30.2 Å². The van der Waals surface area contributed by atoms with E-state index in [4.69, 9.17) is 11.0 Å². The molecule has 2 aromatic rings. The molecular weight excluding hydrogens is 279 g/mol. The van der Waals surface area contributed by atoms with E-state index in [0.29, 0.717) is 16.9 Å². The Bertz CT molecular complexity index is 715. The van der Waals surface area contributed by atoms with Crippen LogP contribution in [0.15, 0.2) is 36.4 Å². The quantitative estimate of drug-likeness (QED) is 0.815. The van der Waals surface area contributed by atoms with Crippen LogP contribution in [0.3, 0.4) is 0 Å². The van der Waals surface area contributed by atoms with Gasteiger partial charge in [0.25, 0.3) is 0 Å². The van der Waals surface area contributed by atoms with Crippen LogP contribution < -0.4 is 11.1 Å². The normalized spacial score (nSPS) is 11.0. The van der Waals surface area contributed by atoms with Crippen molar-refractivity contribution in [1.82, 2.24) is 0 Å². The first-order chi connectivity index (χ1) is 9.81. The molecule has 0 amide bonds. The van der Waals surface area contributed by atoms with Gasteiger partial charge in [0.1, 0.15) is 6.07 Å². The molecule has 2 aromatic carbocycles. The van der Waals surface area contributed by atoms with Crippen molar-refractivity contribution < 1.29 is 13.2 Å². The van der Waals surface area contributed by atoms with Gasteiger partial charge in [0.05, 0.1) is 16.8 Å². The monoisotopic (exact) mass is 291 g/mol. The number of nitrogens with one attached hydrogen (secondary N) is 1. The molecule has 0 aliphatic heterocycles. The number of aryl methyl sites for hydroxylation is 1. The van der Waals surface area contributed by atoms with E-state index in [1.165, 1.54) is 25.1 Å². The second-order valence-electron chi connectivity index (χ2n) is 4.57. The highest BCUT2D eigenvalue weighted by atomic mass is 19.4. The van der Waals surface area contributed by atoms with Crippen LogP contribution in [-0.4, -0.2) is 0 Å². The van der Waals surface area contributed by atoms with Gasteiger partial charge < -0.3 is 11.1 Å². The van der Waals surface area contributed by atoms with Crippen molar-refractivity contribution in [2.24, 2.45) is 0 Å². The topological polar surface area (TPSA) is 61.8 Å². The van der Waals surface area contributed by atoms with Crippen LogP contribution >= 0.6 is 0 Å². The standard InChI is InChI=1S/C15H12F3N3/c1-9-2-4-11(6-13(9)15(16,17)18)21-12-5-3-10(8-19)14(20)7-12/h2-7,21H,20H2,1H3. The first-order valence-electron chi connectivity index (χ1n) is 6.06. The minimum Gasteiger partial charge on any atom is -0.398 e. The summed E-state index contributed by atoms with van der Waals surface area (Å²) in [6, 6.07) is 10.5. The Hall–Kier alpha value is -2.68. The fraction of sp³-hybridized carbons (Fsp3) is 0.133. The Kier molecular flexibility index (Phi) is 3.76. The summed E-state index contributed by atoms with van der Waals surface area (Å²) in [5.41, 5.74) is 6.55. The number of benzene rings is 2. The maximum absolute atomic E-state index is 12.8. The summed E-state index contributed by atoms with van der Waals surface area (Å²) in [7, 11) is 0. The fourth-order valence-corrected chi connectivity index (χ4v) is 1.91. The second-order valence-corrected chi connectivity index (χ2v) is 4.57. The van der Waals surface area contributed by atoms with E-state index in [-0.39, 0.29) is 11.3 Å². The van der Waals surface area contributed by atoms with Crippen molar-refractivity contribution in [3.63, 3.8) is 0 Å². The van der Waals surface area contributed by atoms with E-state index in [1.54, 1.807) is 12.1 Å². The van der Waals surface area contributed by atoms with Gasteiger partial charge in [0.2, 0.25) is 0 Å². The molecule has 0 atom stereocenters. The van der Waals surface area contributed by atoms with Gasteiger partial charge >= 0.3 is 6.18 Å². The van der Waals surface area contributed by atoms with Gasteiger partial charge in [-0.25, -0.2) is 0 Å². The summed E-state index contributed by atoms with van der Waals surface area (Å²) < 4.78 is 38.5. The van der Waals surface area contributed by atoms with Crippen molar-refractivity contribution >= 4 is 17.1 Å². The van der Waals surface area contributed by atoms with Crippen LogP contribution in [-0.2, 0) is 6.18 Å². The van der Waals surface area contributed by atoms with Crippen LogP contribution in [0, 0.1) is 18.3 Å². The number of alkyl halides is 3. The highest BCUT2D eigenvalue weighted by Gasteiger charge is 2.32. The van der Waals surface area contributed by atoms with E-state index in [0.717, 1.165) is 6.07 Å². The molecule has 2 rings (SSSR count). The van der Waals surface area contributed by atoms with Gasteiger partial charge in [-0.3, -0.25) is 0 Å². The minimum absolute atomic E-state index is 0.160. The van der Waals surface area contributed by atoms with Crippen molar-refractivity contribution in [2.45, 2.75) is 13.1 Å². The zero-order valence-electron chi connectivity index (χ0n) is 11.1. The van der Waals surface area contributed by atoms with Gasteiger partial charge in [-0.2, -0.15) is 18.4 Å². The highest BCUT2D eigenvalue weighted by molar-refractivity contribution is 5.68. The van der Waals surface area contributed by atoms with E-state index in [9.17, 15) is 13.2 Å². The molecule has 0 saturated heterocycles. The number of hydrogen-bond acceptors (Lipinski definition) is 3. The summed E-state index contributed by atoms with van der Waals surface area (Å²) in [5, 5.41) is 11.6. The van der Waals surface area contributed by atoms with Gasteiger partial charge in [0.15, 0.2) is 0 Å². The summed E-state index contributed by atoms with van der Waals surface area (Å²) in [4.78, 5) is 0. The SMILES string of the molecule is Cc1ccc(Nc2ccc(C#N)c(N)c2)cc1C(F)(F)F. The van der Waals surface area contributed by atoms with Crippen molar-refractivity contribution in [1.29, 1.82) is 5.26 Å². The van der Waals surface area contributed by atoms with E-state index in [2.05, 4.69) is 5.32 Å². The number of hydrogen-bond donors (Lipinski definition) is 2. The largest absolute Gasteiger partial charge is 0.416 e. The molecular formula is C15H12F3N3. The van der Waals surface area contributed by atoms with Gasteiger partial charge in [-0.05, 0) is 42.8 Å². The third-order valence-corrected chi connectivity index (χ3v) is 3.00. The van der Waals surface area contributed by atoms with Crippen molar-refractivity contribution in [3.8, 4) is 6.07 Å². The molecule has 0 aliphatic carbocycles. The second kappa shape index (κ2) is 5.37. The van der Waals surface area contributed by atoms with Crippen molar-refractivity contribution in [3.05, 3.63) is 53.1 Å². The molecule has 0 aromatic heterocycles. The molecule has 0 saturated carbocycles. The Morgan fingerprint density at radius 2 is 1.71 bits per heavy atom. The first kappa shape index (κ1) is 14.7. The Labute approximate surface area is 119 Å². The van der Waals surface area contributed by atoms with Crippen LogP contribution in [0.2, 0.25) is 0 Å². The maximum Gasteiger partial charge on any atom is 0.416 e. The molecule has 0 unspecified atom stereocenters. The summed E-state index contributed by atoms with van der Waals surface area (Å²) in [6.45, 7) is 1.41. The zero-order valence-corrected chi connectivity index (χ0v) is 11.1. The Morgan fingerprint density at radius 1 is 1.10 bits per heavy atom. The third kappa shape index (κ3) is 3.26. The number of anilines is 3. The van der Waals surface area contributed by atoms with Gasteiger partial charge in [-0.1, -0.05) is 6.07 Å². The lowest BCUT2D eigenvalue weighted by Gasteiger charge is -2.13. The number of nitriles is 1. The number of nitrogens with zero attached hydrogens (tertiary/aromatic N) is 1. The number of nitrogen functional groups attached to an aromatic ring is 1. The van der Waals surface area contributed by atoms with Crippen molar-refractivity contribution in [2.75, 3.05) is 11.1 Å². The number of halogens is 3. The molecule has 3 N–H and O–H groups in total. The maximum atomic E-state index is 12.8. The first-order valence-corrected chi connectivity index (χ1v) is 6.06. The van der Waals surface area contributed by atoms with Gasteiger partial charge in [0, 0.05) is 11.4 Å². The molecule has 0 fully saturated rings. The average molecular weight is 291 g/mol. The highest BCUT2D eigenvalue weighted by Crippen LogP contribution is 2.34. The van der Waals surface area contributed by atoms with E-state index >= 15 is 0 Å². The Balaban J connectivity index is 2.33. The number of nitrogens with two attached hydrogens (primary N) is 1. The molecule has 0 aliphatic rings. The predicted octanol–water partition coefficient (Wildman–Crippen LogP) is 4.21. The van der Waals surface area contributed by atoms with E-state index in [1.807, 2.05) is 6.07 Å². The molecule has 0 spiro atoms. The third-order valence-electron chi connectivity index (χ3n) is 3.00. The average Bonchev–Trinajstić information content (AvgIpc) is 2.40. The lowest BCUT2D eigenvalue weighted by atomic mass is 10.1. The fourth-order valence-electron chi connectivity index (χ4n) is 1.91. The van der Waals surface area contributed by atoms with Gasteiger partial charge in [-0.15, -0.1) is 0 Å². The summed E-state index contributed by atoms with van der Waals surface area (Å²) in [6.07, 6.45) is -4.40. The molecule has 108 valence electrons. The van der Waals surface area contributed by atoms with Crippen LogP contribution in [0.5, 0.6) is 0 Å². The zero-order chi connectivity index (χ0) is 15.6. The lowest BCUT2D eigenvalue weighted by Crippen LogP contribution is -2.08. The Morgan fingerprint density at radius 3 is 2.29 bits per heavy atom. The molecule has 3 nitrogen and oxygen atoms in total.